The average molecular weight is 447 g/mol. The first-order valence-electron chi connectivity index (χ1n) is 11.1. The number of carbonyl (C=O) groups excluding carboxylic acids is 1. The molecule has 0 unspecified atom stereocenters. The summed E-state index contributed by atoms with van der Waals surface area (Å²) in [6, 6.07) is 14.2. The Morgan fingerprint density at radius 3 is 3.00 bits per heavy atom. The molecule has 0 aliphatic carbocycles. The molecule has 1 aromatic carbocycles. The minimum absolute atomic E-state index is 0.0211. The van der Waals surface area contributed by atoms with Crippen LogP contribution in [0.15, 0.2) is 48.7 Å². The molecule has 0 radical (unpaired) electrons. The van der Waals surface area contributed by atoms with E-state index in [2.05, 4.69) is 39.6 Å². The summed E-state index contributed by atoms with van der Waals surface area (Å²) in [7, 11) is 0. The summed E-state index contributed by atoms with van der Waals surface area (Å²) in [6.45, 7) is 2.85. The van der Waals surface area contributed by atoms with E-state index in [4.69, 9.17) is 4.98 Å². The second-order valence-electron chi connectivity index (χ2n) is 8.03. The van der Waals surface area contributed by atoms with Crippen molar-refractivity contribution in [1.82, 2.24) is 25.1 Å². The number of aromatic amines is 1. The van der Waals surface area contributed by atoms with E-state index in [0.717, 1.165) is 59.4 Å². The number of para-hydroxylation sites is 1. The van der Waals surface area contributed by atoms with Crippen LogP contribution in [0.5, 0.6) is 0 Å². The molecule has 1 atom stereocenters. The predicted octanol–water partition coefficient (Wildman–Crippen LogP) is 5.02. The van der Waals surface area contributed by atoms with Gasteiger partial charge < -0.3 is 15.2 Å². The van der Waals surface area contributed by atoms with Gasteiger partial charge >= 0.3 is 0 Å². The summed E-state index contributed by atoms with van der Waals surface area (Å²) >= 11 is 1.54. The summed E-state index contributed by atoms with van der Waals surface area (Å²) in [5, 5.41) is 14.5. The molecule has 1 fully saturated rings. The number of hydrogen-bond acceptors (Lipinski definition) is 6. The Morgan fingerprint density at radius 2 is 2.12 bits per heavy atom. The fourth-order valence-corrected chi connectivity index (χ4v) is 5.05. The van der Waals surface area contributed by atoms with Crippen LogP contribution in [0.4, 0.5) is 10.9 Å². The first-order valence-corrected chi connectivity index (χ1v) is 11.9. The fraction of sp³-hybridized carbons (Fsp3) is 0.333. The van der Waals surface area contributed by atoms with Crippen LogP contribution in [-0.4, -0.2) is 37.5 Å². The zero-order valence-electron chi connectivity index (χ0n) is 18.0. The Bertz CT molecular complexity index is 1230. The van der Waals surface area contributed by atoms with Gasteiger partial charge in [-0.05, 0) is 49.4 Å². The number of nitrogens with zero attached hydrogens (tertiary/aromatic N) is 4. The molecule has 0 saturated carbocycles. The van der Waals surface area contributed by atoms with Gasteiger partial charge in [-0.2, -0.15) is 0 Å². The van der Waals surface area contributed by atoms with E-state index in [0.29, 0.717) is 6.42 Å². The molecule has 3 aromatic heterocycles. The number of aromatic nitrogens is 4. The van der Waals surface area contributed by atoms with Crippen LogP contribution in [0, 0.1) is 0 Å². The van der Waals surface area contributed by atoms with Gasteiger partial charge in [-0.15, -0.1) is 10.2 Å². The lowest BCUT2D eigenvalue weighted by Crippen LogP contribution is -2.31. The Hall–Kier alpha value is -3.26. The zero-order chi connectivity index (χ0) is 21.9. The fourth-order valence-electron chi connectivity index (χ4n) is 4.36. The monoisotopic (exact) mass is 446 g/mol. The van der Waals surface area contributed by atoms with Crippen LogP contribution >= 0.6 is 11.3 Å². The van der Waals surface area contributed by atoms with Gasteiger partial charge in [-0.25, -0.2) is 4.98 Å². The Morgan fingerprint density at radius 1 is 1.22 bits per heavy atom. The van der Waals surface area contributed by atoms with Crippen LogP contribution in [0.2, 0.25) is 0 Å². The maximum atomic E-state index is 13.1. The van der Waals surface area contributed by atoms with E-state index >= 15 is 0 Å². The number of fused-ring (bicyclic) bond motifs is 1. The number of anilines is 2. The maximum Gasteiger partial charge on any atom is 0.223 e. The molecule has 7 nitrogen and oxygen atoms in total. The number of pyridine rings is 1. The Labute approximate surface area is 190 Å². The molecule has 4 heterocycles. The average Bonchev–Trinajstić information content (AvgIpc) is 3.57. The lowest BCUT2D eigenvalue weighted by molar-refractivity contribution is -0.132. The van der Waals surface area contributed by atoms with Crippen molar-refractivity contribution in [2.24, 2.45) is 0 Å². The van der Waals surface area contributed by atoms with Crippen LogP contribution in [0.3, 0.4) is 0 Å². The largest absolute Gasteiger partial charge is 0.361 e. The molecular weight excluding hydrogens is 420 g/mol. The SMILES string of the molecule is CCc1nnc(Nc2cccc([C@@H]3CCCN3C(=O)CCc3c[nH]c4ccccc34)n2)s1. The predicted molar refractivity (Wildman–Crippen MR) is 127 cm³/mol. The van der Waals surface area contributed by atoms with Gasteiger partial charge in [0.1, 0.15) is 10.8 Å². The third kappa shape index (κ3) is 4.23. The third-order valence-corrected chi connectivity index (χ3v) is 6.96. The summed E-state index contributed by atoms with van der Waals surface area (Å²) < 4.78 is 0. The van der Waals surface area contributed by atoms with Gasteiger partial charge in [0.15, 0.2) is 0 Å². The van der Waals surface area contributed by atoms with E-state index < -0.39 is 0 Å². The number of rotatable bonds is 7. The Kier molecular flexibility index (Phi) is 5.85. The maximum absolute atomic E-state index is 13.1. The van der Waals surface area contributed by atoms with E-state index in [1.807, 2.05) is 41.4 Å². The molecule has 1 aliphatic rings. The second kappa shape index (κ2) is 9.08. The molecule has 32 heavy (non-hydrogen) atoms. The second-order valence-corrected chi connectivity index (χ2v) is 9.09. The molecule has 4 aromatic rings. The molecule has 5 rings (SSSR count). The molecule has 164 valence electrons. The molecule has 1 saturated heterocycles. The topological polar surface area (TPSA) is 86.8 Å². The number of amides is 1. The van der Waals surface area contributed by atoms with Crippen molar-refractivity contribution in [2.75, 3.05) is 11.9 Å². The van der Waals surface area contributed by atoms with Crippen LogP contribution in [0.25, 0.3) is 10.9 Å². The number of benzene rings is 1. The van der Waals surface area contributed by atoms with E-state index in [-0.39, 0.29) is 11.9 Å². The third-order valence-electron chi connectivity index (χ3n) is 5.97. The Balaban J connectivity index is 1.27. The van der Waals surface area contributed by atoms with E-state index in [1.54, 1.807) is 0 Å². The number of nitrogens with one attached hydrogen (secondary N) is 2. The normalized spacial score (nSPS) is 16.0. The molecular formula is C24H26N6OS. The number of hydrogen-bond donors (Lipinski definition) is 2. The standard InChI is InChI=1S/C24H26N6OS/c1-2-22-28-29-24(32-22)27-21-11-5-9-19(26-21)20-10-6-14-30(20)23(31)13-12-16-15-25-18-8-4-3-7-17(16)18/h3-5,7-9,11,15,20,25H,2,6,10,12-14H2,1H3,(H,26,27,29)/t20-/m0/s1. The summed E-state index contributed by atoms with van der Waals surface area (Å²) in [4.78, 5) is 23.2. The van der Waals surface area contributed by atoms with Gasteiger partial charge in [0, 0.05) is 30.1 Å². The van der Waals surface area contributed by atoms with E-state index in [1.165, 1.54) is 22.3 Å². The first-order chi connectivity index (χ1) is 15.7. The molecule has 1 aliphatic heterocycles. The minimum atomic E-state index is 0.0211. The summed E-state index contributed by atoms with van der Waals surface area (Å²) in [6.07, 6.45) is 6.06. The number of carbonyl (C=O) groups is 1. The number of aryl methyl sites for hydroxylation is 2. The lowest BCUT2D eigenvalue weighted by Gasteiger charge is -2.24. The number of likely N-dealkylation sites (tertiary alicyclic amines) is 1. The minimum Gasteiger partial charge on any atom is -0.361 e. The first kappa shape index (κ1) is 20.6. The van der Waals surface area contributed by atoms with Gasteiger partial charge in [0.05, 0.1) is 11.7 Å². The van der Waals surface area contributed by atoms with E-state index in [9.17, 15) is 4.79 Å². The van der Waals surface area contributed by atoms with Crippen LogP contribution in [0.1, 0.15) is 48.5 Å². The molecule has 0 bridgehead atoms. The highest BCUT2D eigenvalue weighted by Gasteiger charge is 2.30. The van der Waals surface area contributed by atoms with Crippen molar-refractivity contribution in [3.05, 3.63) is 64.9 Å². The number of H-pyrrole nitrogens is 1. The molecule has 1 amide bonds. The van der Waals surface area contributed by atoms with Crippen molar-refractivity contribution in [2.45, 2.75) is 45.1 Å². The van der Waals surface area contributed by atoms with Gasteiger partial charge in [0.2, 0.25) is 11.0 Å². The summed E-state index contributed by atoms with van der Waals surface area (Å²) in [5.41, 5.74) is 3.23. The molecule has 0 spiro atoms. The van der Waals surface area contributed by atoms with Gasteiger partial charge in [-0.1, -0.05) is 42.5 Å². The van der Waals surface area contributed by atoms with Crippen molar-refractivity contribution < 1.29 is 4.79 Å². The van der Waals surface area contributed by atoms with Crippen molar-refractivity contribution in [1.29, 1.82) is 0 Å². The lowest BCUT2D eigenvalue weighted by atomic mass is 10.1. The highest BCUT2D eigenvalue weighted by atomic mass is 32.1. The van der Waals surface area contributed by atoms with Crippen molar-refractivity contribution >= 4 is 39.1 Å². The van der Waals surface area contributed by atoms with Crippen molar-refractivity contribution in [3.8, 4) is 0 Å². The zero-order valence-corrected chi connectivity index (χ0v) is 18.9. The van der Waals surface area contributed by atoms with Gasteiger partial charge in [0.25, 0.3) is 0 Å². The molecule has 2 N–H and O–H groups in total. The van der Waals surface area contributed by atoms with Crippen LogP contribution in [-0.2, 0) is 17.6 Å². The molecule has 8 heteroatoms. The van der Waals surface area contributed by atoms with Gasteiger partial charge in [-0.3, -0.25) is 4.79 Å². The summed E-state index contributed by atoms with van der Waals surface area (Å²) in [5.74, 6) is 0.925. The highest BCUT2D eigenvalue weighted by Crippen LogP contribution is 2.33. The van der Waals surface area contributed by atoms with Crippen LogP contribution < -0.4 is 5.32 Å². The highest BCUT2D eigenvalue weighted by molar-refractivity contribution is 7.15. The quantitative estimate of drug-likeness (QED) is 0.416. The van der Waals surface area contributed by atoms with Crippen molar-refractivity contribution in [3.63, 3.8) is 0 Å². The smallest absolute Gasteiger partial charge is 0.223 e.